The molecule has 0 radical (unpaired) electrons. The monoisotopic (exact) mass is 277 g/mol. The Morgan fingerprint density at radius 2 is 1.89 bits per heavy atom. The van der Waals surface area contributed by atoms with Gasteiger partial charge in [0.1, 0.15) is 5.75 Å². The standard InChI is InChI=1S/C16H23NOS/c1-2-8-14(7-1)18-16-10-4-3-9-15(16)17-13-6-5-11-19-12-13/h3-4,9-10,13-14,17H,1-2,5-8,11-12H2. The Labute approximate surface area is 120 Å². The van der Waals surface area contributed by atoms with E-state index in [0.717, 1.165) is 5.75 Å². The second kappa shape index (κ2) is 6.56. The van der Waals surface area contributed by atoms with Crippen LogP contribution in [0.1, 0.15) is 38.5 Å². The molecule has 104 valence electrons. The summed E-state index contributed by atoms with van der Waals surface area (Å²) in [5.74, 6) is 3.58. The molecule has 0 spiro atoms. The van der Waals surface area contributed by atoms with Gasteiger partial charge in [-0.1, -0.05) is 12.1 Å². The molecule has 1 heterocycles. The average molecular weight is 277 g/mol. The van der Waals surface area contributed by atoms with Crippen molar-refractivity contribution in [1.82, 2.24) is 0 Å². The molecule has 1 unspecified atom stereocenters. The highest BCUT2D eigenvalue weighted by Gasteiger charge is 2.19. The Hall–Kier alpha value is -0.830. The maximum Gasteiger partial charge on any atom is 0.142 e. The lowest BCUT2D eigenvalue weighted by Gasteiger charge is -2.25. The molecule has 1 aromatic carbocycles. The molecule has 3 rings (SSSR count). The summed E-state index contributed by atoms with van der Waals surface area (Å²) in [6.45, 7) is 0. The molecule has 1 aliphatic heterocycles. The van der Waals surface area contributed by atoms with Gasteiger partial charge in [0.05, 0.1) is 11.8 Å². The number of anilines is 1. The first-order valence-corrected chi connectivity index (χ1v) is 8.67. The Morgan fingerprint density at radius 1 is 1.05 bits per heavy atom. The summed E-state index contributed by atoms with van der Waals surface area (Å²) >= 11 is 2.06. The van der Waals surface area contributed by atoms with E-state index in [2.05, 4.69) is 41.3 Å². The molecule has 19 heavy (non-hydrogen) atoms. The molecule has 3 heteroatoms. The fourth-order valence-corrected chi connectivity index (χ4v) is 4.02. The number of rotatable bonds is 4. The van der Waals surface area contributed by atoms with Gasteiger partial charge in [-0.15, -0.1) is 0 Å². The maximum absolute atomic E-state index is 6.18. The highest BCUT2D eigenvalue weighted by Crippen LogP contribution is 2.31. The zero-order valence-electron chi connectivity index (χ0n) is 11.4. The number of ether oxygens (including phenoxy) is 1. The molecule has 0 bridgehead atoms. The van der Waals surface area contributed by atoms with Crippen molar-refractivity contribution in [3.8, 4) is 5.75 Å². The minimum absolute atomic E-state index is 0.434. The lowest BCUT2D eigenvalue weighted by Crippen LogP contribution is -2.26. The van der Waals surface area contributed by atoms with Gasteiger partial charge in [-0.3, -0.25) is 0 Å². The molecule has 1 aromatic rings. The molecule has 2 fully saturated rings. The van der Waals surface area contributed by atoms with Gasteiger partial charge in [-0.25, -0.2) is 0 Å². The normalized spacial score (nSPS) is 24.3. The van der Waals surface area contributed by atoms with Crippen molar-refractivity contribution in [2.75, 3.05) is 16.8 Å². The van der Waals surface area contributed by atoms with Crippen LogP contribution in [-0.2, 0) is 0 Å². The van der Waals surface area contributed by atoms with Crippen LogP contribution < -0.4 is 10.1 Å². The zero-order chi connectivity index (χ0) is 12.9. The quantitative estimate of drug-likeness (QED) is 0.886. The van der Waals surface area contributed by atoms with E-state index in [0.29, 0.717) is 12.1 Å². The van der Waals surface area contributed by atoms with Gasteiger partial charge < -0.3 is 10.1 Å². The second-order valence-corrected chi connectivity index (χ2v) is 6.73. The Kier molecular flexibility index (Phi) is 4.54. The summed E-state index contributed by atoms with van der Waals surface area (Å²) < 4.78 is 6.18. The minimum Gasteiger partial charge on any atom is -0.488 e. The fourth-order valence-electron chi connectivity index (χ4n) is 2.95. The van der Waals surface area contributed by atoms with Crippen LogP contribution in [0, 0.1) is 0 Å². The molecule has 0 aromatic heterocycles. The first-order valence-electron chi connectivity index (χ1n) is 7.52. The average Bonchev–Trinajstić information content (AvgIpc) is 2.95. The summed E-state index contributed by atoms with van der Waals surface area (Å²) in [7, 11) is 0. The number of para-hydroxylation sites is 2. The topological polar surface area (TPSA) is 21.3 Å². The number of benzene rings is 1. The lowest BCUT2D eigenvalue weighted by atomic mass is 10.1. The Bertz CT molecular complexity index is 397. The Balaban J connectivity index is 1.65. The third kappa shape index (κ3) is 3.59. The summed E-state index contributed by atoms with van der Waals surface area (Å²) in [5, 5.41) is 3.68. The van der Waals surface area contributed by atoms with Crippen molar-refractivity contribution in [1.29, 1.82) is 0 Å². The molecular formula is C16H23NOS. The van der Waals surface area contributed by atoms with E-state index < -0.39 is 0 Å². The SMILES string of the molecule is c1ccc(OC2CCCC2)c(NC2CCCSC2)c1. The van der Waals surface area contributed by atoms with E-state index in [-0.39, 0.29) is 0 Å². The molecule has 2 aliphatic rings. The van der Waals surface area contributed by atoms with Crippen LogP contribution in [0.2, 0.25) is 0 Å². The van der Waals surface area contributed by atoms with Crippen molar-refractivity contribution in [3.63, 3.8) is 0 Å². The van der Waals surface area contributed by atoms with Crippen molar-refractivity contribution in [2.45, 2.75) is 50.7 Å². The fraction of sp³-hybridized carbons (Fsp3) is 0.625. The summed E-state index contributed by atoms with van der Waals surface area (Å²) in [6.07, 6.45) is 8.11. The number of hydrogen-bond donors (Lipinski definition) is 1. The molecule has 1 saturated carbocycles. The highest BCUT2D eigenvalue weighted by atomic mass is 32.2. The van der Waals surface area contributed by atoms with Crippen LogP contribution in [0.25, 0.3) is 0 Å². The van der Waals surface area contributed by atoms with Crippen molar-refractivity contribution >= 4 is 17.4 Å². The van der Waals surface area contributed by atoms with Gasteiger partial charge >= 0.3 is 0 Å². The van der Waals surface area contributed by atoms with Crippen molar-refractivity contribution < 1.29 is 4.74 Å². The second-order valence-electron chi connectivity index (χ2n) is 5.58. The molecule has 1 saturated heterocycles. The first-order chi connectivity index (χ1) is 9.42. The van der Waals surface area contributed by atoms with E-state index in [1.807, 2.05) is 0 Å². The van der Waals surface area contributed by atoms with Gasteiger partial charge in [0.15, 0.2) is 0 Å². The first kappa shape index (κ1) is 13.2. The van der Waals surface area contributed by atoms with Gasteiger partial charge in [-0.2, -0.15) is 11.8 Å². The lowest BCUT2D eigenvalue weighted by molar-refractivity contribution is 0.211. The summed E-state index contributed by atoms with van der Waals surface area (Å²) in [5.41, 5.74) is 1.18. The maximum atomic E-state index is 6.18. The molecule has 1 atom stereocenters. The highest BCUT2D eigenvalue weighted by molar-refractivity contribution is 7.99. The van der Waals surface area contributed by atoms with Gasteiger partial charge in [0, 0.05) is 11.8 Å². The zero-order valence-corrected chi connectivity index (χ0v) is 12.3. The predicted molar refractivity (Wildman–Crippen MR) is 83.3 cm³/mol. The Morgan fingerprint density at radius 3 is 2.68 bits per heavy atom. The van der Waals surface area contributed by atoms with Crippen LogP contribution >= 0.6 is 11.8 Å². The molecule has 1 N–H and O–H groups in total. The van der Waals surface area contributed by atoms with E-state index in [9.17, 15) is 0 Å². The molecule has 1 aliphatic carbocycles. The van der Waals surface area contributed by atoms with Gasteiger partial charge in [0.25, 0.3) is 0 Å². The molecular weight excluding hydrogens is 254 g/mol. The summed E-state index contributed by atoms with van der Waals surface area (Å²) in [6, 6.07) is 9.04. The van der Waals surface area contributed by atoms with E-state index in [1.54, 1.807) is 0 Å². The summed E-state index contributed by atoms with van der Waals surface area (Å²) in [4.78, 5) is 0. The number of thioether (sulfide) groups is 1. The molecule has 0 amide bonds. The van der Waals surface area contributed by atoms with E-state index >= 15 is 0 Å². The van der Waals surface area contributed by atoms with Crippen LogP contribution in [-0.4, -0.2) is 23.7 Å². The van der Waals surface area contributed by atoms with Crippen molar-refractivity contribution in [3.05, 3.63) is 24.3 Å². The predicted octanol–water partition coefficient (Wildman–Crippen LogP) is 4.32. The third-order valence-electron chi connectivity index (χ3n) is 4.00. The van der Waals surface area contributed by atoms with Crippen LogP contribution in [0.4, 0.5) is 5.69 Å². The van der Waals surface area contributed by atoms with E-state index in [4.69, 9.17) is 4.74 Å². The third-order valence-corrected chi connectivity index (χ3v) is 5.22. The molecule has 2 nitrogen and oxygen atoms in total. The van der Waals surface area contributed by atoms with Crippen LogP contribution in [0.5, 0.6) is 5.75 Å². The minimum atomic E-state index is 0.434. The number of nitrogens with one attached hydrogen (secondary N) is 1. The largest absolute Gasteiger partial charge is 0.488 e. The van der Waals surface area contributed by atoms with E-state index in [1.165, 1.54) is 55.7 Å². The van der Waals surface area contributed by atoms with Crippen LogP contribution in [0.15, 0.2) is 24.3 Å². The van der Waals surface area contributed by atoms with Crippen molar-refractivity contribution in [2.24, 2.45) is 0 Å². The van der Waals surface area contributed by atoms with Gasteiger partial charge in [-0.05, 0) is 56.4 Å². The van der Waals surface area contributed by atoms with Gasteiger partial charge in [0.2, 0.25) is 0 Å². The van der Waals surface area contributed by atoms with Crippen LogP contribution in [0.3, 0.4) is 0 Å². The smallest absolute Gasteiger partial charge is 0.142 e. The number of hydrogen-bond acceptors (Lipinski definition) is 3.